The highest BCUT2D eigenvalue weighted by Gasteiger charge is 2.08. The Bertz CT molecular complexity index is 880. The summed E-state index contributed by atoms with van der Waals surface area (Å²) >= 11 is 0. The molecule has 26 heavy (non-hydrogen) atoms. The summed E-state index contributed by atoms with van der Waals surface area (Å²) in [4.78, 5) is 16.5. The van der Waals surface area contributed by atoms with E-state index in [1.807, 2.05) is 6.92 Å². The van der Waals surface area contributed by atoms with Crippen molar-refractivity contribution < 1.29 is 13.9 Å². The lowest BCUT2D eigenvalue weighted by atomic mass is 10.2. The van der Waals surface area contributed by atoms with Crippen molar-refractivity contribution in [1.29, 1.82) is 0 Å². The van der Waals surface area contributed by atoms with Gasteiger partial charge in [-0.1, -0.05) is 0 Å². The van der Waals surface area contributed by atoms with Crippen LogP contribution in [0.4, 0.5) is 21.5 Å². The summed E-state index contributed by atoms with van der Waals surface area (Å²) in [6.07, 6.45) is 3.08. The number of anilines is 3. The summed E-state index contributed by atoms with van der Waals surface area (Å²) < 4.78 is 18.3. The first-order chi connectivity index (χ1) is 12.6. The molecule has 0 fully saturated rings. The molecule has 0 unspecified atom stereocenters. The smallest absolute Gasteiger partial charge is 0.257 e. The summed E-state index contributed by atoms with van der Waals surface area (Å²) in [5, 5.41) is 5.90. The van der Waals surface area contributed by atoms with Crippen LogP contribution in [-0.4, -0.2) is 17.5 Å². The van der Waals surface area contributed by atoms with E-state index in [0.717, 1.165) is 5.75 Å². The minimum Gasteiger partial charge on any atom is -0.494 e. The van der Waals surface area contributed by atoms with Crippen LogP contribution in [0.2, 0.25) is 0 Å². The summed E-state index contributed by atoms with van der Waals surface area (Å²) in [5.41, 5.74) is 2.41. The van der Waals surface area contributed by atoms with Crippen molar-refractivity contribution in [2.75, 3.05) is 17.2 Å². The van der Waals surface area contributed by atoms with Crippen LogP contribution in [0.25, 0.3) is 0 Å². The molecule has 1 amide bonds. The third kappa shape index (κ3) is 4.57. The Morgan fingerprint density at radius 3 is 2.38 bits per heavy atom. The van der Waals surface area contributed by atoms with Crippen LogP contribution in [0.3, 0.4) is 0 Å². The largest absolute Gasteiger partial charge is 0.494 e. The van der Waals surface area contributed by atoms with Crippen molar-refractivity contribution in [2.45, 2.75) is 6.92 Å². The van der Waals surface area contributed by atoms with Crippen LogP contribution in [0.15, 0.2) is 67.0 Å². The topological polar surface area (TPSA) is 63.2 Å². The molecule has 132 valence electrons. The number of rotatable bonds is 6. The summed E-state index contributed by atoms with van der Waals surface area (Å²) in [5.74, 6) is 0.166. The molecular formula is C20H18FN3O2. The Labute approximate surface area is 150 Å². The van der Waals surface area contributed by atoms with Gasteiger partial charge in [-0.25, -0.2) is 4.39 Å². The number of halogens is 1. The normalized spacial score (nSPS) is 10.2. The van der Waals surface area contributed by atoms with Gasteiger partial charge in [0.1, 0.15) is 11.6 Å². The van der Waals surface area contributed by atoms with Crippen LogP contribution >= 0.6 is 0 Å². The van der Waals surface area contributed by atoms with Crippen LogP contribution < -0.4 is 15.4 Å². The van der Waals surface area contributed by atoms with Gasteiger partial charge < -0.3 is 15.4 Å². The van der Waals surface area contributed by atoms with E-state index in [9.17, 15) is 9.18 Å². The molecule has 2 N–H and O–H groups in total. The molecule has 5 nitrogen and oxygen atoms in total. The molecule has 0 radical (unpaired) electrons. The van der Waals surface area contributed by atoms with Crippen molar-refractivity contribution in [3.63, 3.8) is 0 Å². The summed E-state index contributed by atoms with van der Waals surface area (Å²) in [6.45, 7) is 2.50. The molecule has 1 heterocycles. The number of benzene rings is 2. The van der Waals surface area contributed by atoms with Crippen LogP contribution in [0.5, 0.6) is 5.75 Å². The van der Waals surface area contributed by atoms with E-state index in [1.54, 1.807) is 48.7 Å². The number of hydrogen-bond donors (Lipinski definition) is 2. The molecule has 6 heteroatoms. The van der Waals surface area contributed by atoms with E-state index in [4.69, 9.17) is 4.74 Å². The number of carbonyl (C=O) groups excluding carboxylic acids is 1. The van der Waals surface area contributed by atoms with Gasteiger partial charge >= 0.3 is 0 Å². The Kier molecular flexibility index (Phi) is 5.43. The molecule has 0 aliphatic heterocycles. The quantitative estimate of drug-likeness (QED) is 0.680. The lowest BCUT2D eigenvalue weighted by Gasteiger charge is -2.09. The second-order valence-corrected chi connectivity index (χ2v) is 5.51. The van der Waals surface area contributed by atoms with E-state index >= 15 is 0 Å². The fourth-order valence-corrected chi connectivity index (χ4v) is 2.34. The highest BCUT2D eigenvalue weighted by molar-refractivity contribution is 6.04. The van der Waals surface area contributed by atoms with Gasteiger partial charge in [-0.15, -0.1) is 0 Å². The molecular weight excluding hydrogens is 333 g/mol. The zero-order valence-corrected chi connectivity index (χ0v) is 14.2. The molecule has 0 aliphatic rings. The molecule has 0 saturated carbocycles. The molecule has 3 aromatic rings. The van der Waals surface area contributed by atoms with Crippen molar-refractivity contribution in [2.24, 2.45) is 0 Å². The lowest BCUT2D eigenvalue weighted by Crippen LogP contribution is -2.12. The number of amides is 1. The number of carbonyl (C=O) groups is 1. The third-order valence-electron chi connectivity index (χ3n) is 3.56. The standard InChI is InChI=1S/C20H18FN3O2/c1-2-26-19-9-7-17(8-10-19)24-20(25)14-11-18(13-22-12-14)23-16-5-3-15(21)4-6-16/h3-13,23H,2H2,1H3,(H,24,25). The first kappa shape index (κ1) is 17.4. The maximum Gasteiger partial charge on any atom is 0.257 e. The molecule has 0 atom stereocenters. The lowest BCUT2D eigenvalue weighted by molar-refractivity contribution is 0.102. The first-order valence-electron chi connectivity index (χ1n) is 8.16. The van der Waals surface area contributed by atoms with E-state index < -0.39 is 0 Å². The van der Waals surface area contributed by atoms with Crippen molar-refractivity contribution >= 4 is 23.0 Å². The predicted molar refractivity (Wildman–Crippen MR) is 99.5 cm³/mol. The maximum atomic E-state index is 13.0. The van der Waals surface area contributed by atoms with Crippen LogP contribution in [0, 0.1) is 5.82 Å². The zero-order chi connectivity index (χ0) is 18.4. The number of nitrogens with one attached hydrogen (secondary N) is 2. The number of aromatic nitrogens is 1. The number of pyridine rings is 1. The molecule has 0 bridgehead atoms. The van der Waals surface area contributed by atoms with E-state index in [2.05, 4.69) is 15.6 Å². The molecule has 0 saturated heterocycles. The SMILES string of the molecule is CCOc1ccc(NC(=O)c2cncc(Nc3ccc(F)cc3)c2)cc1. The van der Waals surface area contributed by atoms with Crippen molar-refractivity contribution in [3.05, 3.63) is 78.4 Å². The zero-order valence-electron chi connectivity index (χ0n) is 14.2. The Balaban J connectivity index is 1.68. The summed E-state index contributed by atoms with van der Waals surface area (Å²) in [6, 6.07) is 14.8. The van der Waals surface area contributed by atoms with Gasteiger partial charge in [0.25, 0.3) is 5.91 Å². The highest BCUT2D eigenvalue weighted by atomic mass is 19.1. The van der Waals surface area contributed by atoms with Crippen LogP contribution in [-0.2, 0) is 0 Å². The van der Waals surface area contributed by atoms with Crippen LogP contribution in [0.1, 0.15) is 17.3 Å². The highest BCUT2D eigenvalue weighted by Crippen LogP contribution is 2.19. The minimum absolute atomic E-state index is 0.274. The Morgan fingerprint density at radius 1 is 1.00 bits per heavy atom. The molecule has 3 rings (SSSR count). The average Bonchev–Trinajstić information content (AvgIpc) is 2.66. The van der Waals surface area contributed by atoms with Gasteiger partial charge in [-0.05, 0) is 61.5 Å². The first-order valence-corrected chi connectivity index (χ1v) is 8.16. The Hall–Kier alpha value is -3.41. The van der Waals surface area contributed by atoms with E-state index in [0.29, 0.717) is 29.2 Å². The summed E-state index contributed by atoms with van der Waals surface area (Å²) in [7, 11) is 0. The number of nitrogens with zero attached hydrogens (tertiary/aromatic N) is 1. The number of ether oxygens (including phenoxy) is 1. The van der Waals surface area contributed by atoms with E-state index in [-0.39, 0.29) is 11.7 Å². The minimum atomic E-state index is -0.308. The third-order valence-corrected chi connectivity index (χ3v) is 3.56. The van der Waals surface area contributed by atoms with Gasteiger partial charge in [0, 0.05) is 17.6 Å². The second-order valence-electron chi connectivity index (χ2n) is 5.51. The monoisotopic (exact) mass is 351 g/mol. The second kappa shape index (κ2) is 8.11. The molecule has 0 spiro atoms. The number of hydrogen-bond acceptors (Lipinski definition) is 4. The fraction of sp³-hybridized carbons (Fsp3) is 0.100. The van der Waals surface area contributed by atoms with Crippen molar-refractivity contribution in [3.8, 4) is 5.75 Å². The maximum absolute atomic E-state index is 13.0. The molecule has 0 aliphatic carbocycles. The van der Waals surface area contributed by atoms with Gasteiger partial charge in [0.05, 0.1) is 24.1 Å². The molecule has 1 aromatic heterocycles. The van der Waals surface area contributed by atoms with Gasteiger partial charge in [0.15, 0.2) is 0 Å². The fourth-order valence-electron chi connectivity index (χ4n) is 2.34. The van der Waals surface area contributed by atoms with Gasteiger partial charge in [0.2, 0.25) is 0 Å². The van der Waals surface area contributed by atoms with E-state index in [1.165, 1.54) is 18.3 Å². The van der Waals surface area contributed by atoms with Gasteiger partial charge in [-0.3, -0.25) is 9.78 Å². The predicted octanol–water partition coefficient (Wildman–Crippen LogP) is 4.62. The average molecular weight is 351 g/mol. The van der Waals surface area contributed by atoms with Gasteiger partial charge in [-0.2, -0.15) is 0 Å². The molecule has 2 aromatic carbocycles. The Morgan fingerprint density at radius 2 is 1.69 bits per heavy atom. The van der Waals surface area contributed by atoms with Crippen molar-refractivity contribution in [1.82, 2.24) is 4.98 Å².